The van der Waals surface area contributed by atoms with E-state index >= 15 is 0 Å². The topological polar surface area (TPSA) is 98.2 Å². The lowest BCUT2D eigenvalue weighted by Gasteiger charge is -2.05. The van der Waals surface area contributed by atoms with Crippen molar-refractivity contribution in [1.29, 1.82) is 0 Å². The molecule has 112 valence electrons. The normalized spacial score (nSPS) is 12.2. The highest BCUT2D eigenvalue weighted by atomic mass is 35.5. The fourth-order valence-electron chi connectivity index (χ4n) is 1.81. The number of nitrogens with one attached hydrogen (secondary N) is 1. The lowest BCUT2D eigenvalue weighted by atomic mass is 10.2. The van der Waals surface area contributed by atoms with Crippen molar-refractivity contribution in [3.8, 4) is 0 Å². The summed E-state index contributed by atoms with van der Waals surface area (Å²) < 4.78 is 5.27. The first kappa shape index (κ1) is 15.5. The average Bonchev–Trinajstić information content (AvgIpc) is 2.84. The number of rotatable bonds is 5. The van der Waals surface area contributed by atoms with Gasteiger partial charge >= 0.3 is 0 Å². The lowest BCUT2D eigenvalue weighted by molar-refractivity contribution is -0.112. The van der Waals surface area contributed by atoms with Crippen LogP contribution in [0, 0.1) is 0 Å². The molecule has 6 nitrogen and oxygen atoms in total. The minimum Gasteiger partial charge on any atom is -0.433 e. The number of hydrogen-bond donors (Lipinski definition) is 2. The van der Waals surface area contributed by atoms with Crippen LogP contribution in [0.2, 0.25) is 0 Å². The predicted octanol–water partition coefficient (Wildman–Crippen LogP) is 2.73. The van der Waals surface area contributed by atoms with Crippen LogP contribution in [-0.2, 0) is 4.79 Å². The third kappa shape index (κ3) is 3.24. The van der Waals surface area contributed by atoms with Gasteiger partial charge in [-0.15, -0.1) is 0 Å². The SMILES string of the molecule is C=C/C=C(\C=C(/N)Cl)C(=O)Nc1c(C=O)oc2ncccc12. The highest BCUT2D eigenvalue weighted by Gasteiger charge is 2.18. The zero-order valence-electron chi connectivity index (χ0n) is 11.4. The van der Waals surface area contributed by atoms with Crippen molar-refractivity contribution < 1.29 is 14.0 Å². The summed E-state index contributed by atoms with van der Waals surface area (Å²) in [5, 5.41) is 3.05. The Morgan fingerprint density at radius 2 is 2.27 bits per heavy atom. The molecule has 0 fully saturated rings. The quantitative estimate of drug-likeness (QED) is 0.382. The highest BCUT2D eigenvalue weighted by Crippen LogP contribution is 2.28. The van der Waals surface area contributed by atoms with Gasteiger partial charge in [0.1, 0.15) is 5.69 Å². The van der Waals surface area contributed by atoms with Crippen LogP contribution in [0.5, 0.6) is 0 Å². The number of nitrogens with zero attached hydrogens (tertiary/aromatic N) is 1. The Labute approximate surface area is 130 Å². The Bertz CT molecular complexity index is 801. The fourth-order valence-corrected chi connectivity index (χ4v) is 1.93. The van der Waals surface area contributed by atoms with Crippen molar-refractivity contribution in [2.45, 2.75) is 0 Å². The van der Waals surface area contributed by atoms with Crippen LogP contribution in [0.25, 0.3) is 11.1 Å². The van der Waals surface area contributed by atoms with Gasteiger partial charge < -0.3 is 15.5 Å². The van der Waals surface area contributed by atoms with Crippen LogP contribution in [-0.4, -0.2) is 17.2 Å². The zero-order valence-corrected chi connectivity index (χ0v) is 12.1. The molecule has 2 heterocycles. The van der Waals surface area contributed by atoms with Crippen molar-refractivity contribution in [3.63, 3.8) is 0 Å². The van der Waals surface area contributed by atoms with E-state index in [2.05, 4.69) is 16.9 Å². The summed E-state index contributed by atoms with van der Waals surface area (Å²) in [6.07, 6.45) is 6.15. The summed E-state index contributed by atoms with van der Waals surface area (Å²) in [6.45, 7) is 3.52. The molecule has 0 saturated carbocycles. The number of anilines is 1. The Morgan fingerprint density at radius 1 is 1.50 bits per heavy atom. The molecule has 0 saturated heterocycles. The largest absolute Gasteiger partial charge is 0.433 e. The molecule has 2 rings (SSSR count). The summed E-state index contributed by atoms with van der Waals surface area (Å²) in [6, 6.07) is 3.34. The van der Waals surface area contributed by atoms with Crippen LogP contribution < -0.4 is 11.1 Å². The van der Waals surface area contributed by atoms with E-state index in [9.17, 15) is 9.59 Å². The van der Waals surface area contributed by atoms with E-state index in [1.807, 2.05) is 0 Å². The fraction of sp³-hybridized carbons (Fsp3) is 0. The van der Waals surface area contributed by atoms with Crippen molar-refractivity contribution in [2.24, 2.45) is 5.73 Å². The Morgan fingerprint density at radius 3 is 2.91 bits per heavy atom. The molecule has 7 heteroatoms. The first-order chi connectivity index (χ1) is 10.6. The molecule has 2 aromatic heterocycles. The third-order valence-electron chi connectivity index (χ3n) is 2.69. The molecule has 0 aliphatic rings. The van der Waals surface area contributed by atoms with Gasteiger partial charge in [0.05, 0.1) is 10.5 Å². The first-order valence-electron chi connectivity index (χ1n) is 6.16. The second kappa shape index (κ2) is 6.73. The number of allylic oxidation sites excluding steroid dienone is 2. The molecule has 0 radical (unpaired) electrons. The molecule has 0 spiro atoms. The number of pyridine rings is 1. The second-order valence-electron chi connectivity index (χ2n) is 4.16. The minimum absolute atomic E-state index is 0.0252. The number of aldehydes is 1. The van der Waals surface area contributed by atoms with Crippen molar-refractivity contribution >= 4 is 40.6 Å². The standard InChI is InChI=1S/C15H12ClN3O3/c1-2-4-9(7-12(16)17)14(21)19-13-10-5-3-6-18-15(10)22-11(13)8-20/h2-8H,1,17H2,(H,19,21)/b9-4+,12-7-. The lowest BCUT2D eigenvalue weighted by Crippen LogP contribution is -2.14. The van der Waals surface area contributed by atoms with E-state index in [1.54, 1.807) is 12.1 Å². The maximum atomic E-state index is 12.3. The second-order valence-corrected chi connectivity index (χ2v) is 4.59. The molecule has 0 unspecified atom stereocenters. The van der Waals surface area contributed by atoms with Gasteiger partial charge in [0.2, 0.25) is 5.71 Å². The van der Waals surface area contributed by atoms with Crippen LogP contribution in [0.15, 0.2) is 58.3 Å². The monoisotopic (exact) mass is 317 g/mol. The number of nitrogens with two attached hydrogens (primary N) is 1. The number of hydrogen-bond acceptors (Lipinski definition) is 5. The van der Waals surface area contributed by atoms with E-state index in [-0.39, 0.29) is 27.9 Å². The number of furan rings is 1. The molecule has 2 aromatic rings. The first-order valence-corrected chi connectivity index (χ1v) is 6.54. The molecular formula is C15H12ClN3O3. The van der Waals surface area contributed by atoms with Gasteiger partial charge in [-0.2, -0.15) is 0 Å². The Balaban J connectivity index is 2.43. The number of amides is 1. The summed E-state index contributed by atoms with van der Waals surface area (Å²) in [5.41, 5.74) is 6.03. The van der Waals surface area contributed by atoms with E-state index < -0.39 is 5.91 Å². The smallest absolute Gasteiger partial charge is 0.255 e. The van der Waals surface area contributed by atoms with Crippen molar-refractivity contribution in [2.75, 3.05) is 5.32 Å². The van der Waals surface area contributed by atoms with Crippen molar-refractivity contribution in [3.05, 3.63) is 59.6 Å². The van der Waals surface area contributed by atoms with Gasteiger partial charge in [-0.05, 0) is 24.3 Å². The average molecular weight is 318 g/mol. The molecule has 22 heavy (non-hydrogen) atoms. The van der Waals surface area contributed by atoms with Gasteiger partial charge in [0, 0.05) is 11.8 Å². The minimum atomic E-state index is -0.516. The molecule has 0 aliphatic carbocycles. The summed E-state index contributed by atoms with van der Waals surface area (Å²) in [5.74, 6) is -0.541. The third-order valence-corrected chi connectivity index (χ3v) is 2.80. The van der Waals surface area contributed by atoms with Crippen LogP contribution in [0.3, 0.4) is 0 Å². The number of halogens is 1. The van der Waals surface area contributed by atoms with Gasteiger partial charge in [0.25, 0.3) is 5.91 Å². The van der Waals surface area contributed by atoms with Crippen LogP contribution >= 0.6 is 11.6 Å². The van der Waals surface area contributed by atoms with Crippen LogP contribution in [0.4, 0.5) is 5.69 Å². The van der Waals surface area contributed by atoms with E-state index in [1.165, 1.54) is 24.4 Å². The number of carbonyl (C=O) groups excluding carboxylic acids is 2. The maximum absolute atomic E-state index is 12.3. The van der Waals surface area contributed by atoms with E-state index in [0.29, 0.717) is 11.7 Å². The molecule has 0 atom stereocenters. The molecule has 0 bridgehead atoms. The van der Waals surface area contributed by atoms with Gasteiger partial charge in [-0.25, -0.2) is 4.98 Å². The molecule has 0 aromatic carbocycles. The van der Waals surface area contributed by atoms with Gasteiger partial charge in [-0.3, -0.25) is 9.59 Å². The number of carbonyl (C=O) groups is 2. The Kier molecular flexibility index (Phi) is 4.75. The highest BCUT2D eigenvalue weighted by molar-refractivity contribution is 6.29. The zero-order chi connectivity index (χ0) is 16.1. The predicted molar refractivity (Wildman–Crippen MR) is 84.4 cm³/mol. The summed E-state index contributed by atoms with van der Waals surface area (Å²) in [7, 11) is 0. The number of fused-ring (bicyclic) bond motifs is 1. The van der Waals surface area contributed by atoms with E-state index in [0.717, 1.165) is 0 Å². The molecular weight excluding hydrogens is 306 g/mol. The summed E-state index contributed by atoms with van der Waals surface area (Å²) in [4.78, 5) is 27.4. The Hall–Kier alpha value is -2.86. The summed E-state index contributed by atoms with van der Waals surface area (Å²) >= 11 is 5.59. The molecule has 3 N–H and O–H groups in total. The molecule has 1 amide bonds. The van der Waals surface area contributed by atoms with Gasteiger partial charge in [-0.1, -0.05) is 24.3 Å². The van der Waals surface area contributed by atoms with E-state index in [4.69, 9.17) is 21.8 Å². The van der Waals surface area contributed by atoms with Crippen LogP contribution in [0.1, 0.15) is 10.6 Å². The molecule has 0 aliphatic heterocycles. The maximum Gasteiger partial charge on any atom is 0.255 e. The van der Waals surface area contributed by atoms with Gasteiger partial charge in [0.15, 0.2) is 12.0 Å². The number of aromatic nitrogens is 1. The van der Waals surface area contributed by atoms with Crippen molar-refractivity contribution in [1.82, 2.24) is 4.98 Å².